The summed E-state index contributed by atoms with van der Waals surface area (Å²) in [7, 11) is 3.19. The van der Waals surface area contributed by atoms with Gasteiger partial charge in [-0.1, -0.05) is 30.3 Å². The van der Waals surface area contributed by atoms with E-state index in [1.54, 1.807) is 48.4 Å². The minimum Gasteiger partial charge on any atom is -0.480 e. The summed E-state index contributed by atoms with van der Waals surface area (Å²) >= 11 is 0. The molecular formula is C29H22F2N4O2. The maximum absolute atomic E-state index is 14.1. The summed E-state index contributed by atoms with van der Waals surface area (Å²) in [5, 5.41) is 23.0. The molecule has 1 N–H and O–H groups in total. The van der Waals surface area contributed by atoms with E-state index in [0.29, 0.717) is 44.4 Å². The summed E-state index contributed by atoms with van der Waals surface area (Å²) in [6.07, 6.45) is 3.10. The molecule has 0 aliphatic carbocycles. The number of benzene rings is 3. The van der Waals surface area contributed by atoms with Gasteiger partial charge < -0.3 is 14.4 Å². The number of aliphatic hydroxyl groups is 1. The lowest BCUT2D eigenvalue weighted by atomic mass is 9.81. The minimum atomic E-state index is -1.73. The Hall–Kier alpha value is -4.61. The Labute approximate surface area is 212 Å². The Morgan fingerprint density at radius 1 is 1.03 bits per heavy atom. The highest BCUT2D eigenvalue weighted by Crippen LogP contribution is 2.42. The molecule has 0 fully saturated rings. The molecule has 0 aliphatic rings. The van der Waals surface area contributed by atoms with Gasteiger partial charge in [0, 0.05) is 12.4 Å². The zero-order chi connectivity index (χ0) is 26.3. The summed E-state index contributed by atoms with van der Waals surface area (Å²) in [6.45, 7) is 1.82. The molecule has 0 spiro atoms. The zero-order valence-electron chi connectivity index (χ0n) is 20.3. The van der Waals surface area contributed by atoms with E-state index in [-0.39, 0.29) is 11.4 Å². The molecule has 2 aromatic heterocycles. The van der Waals surface area contributed by atoms with Crippen LogP contribution in [0.2, 0.25) is 0 Å². The number of ether oxygens (including phenoxy) is 1. The van der Waals surface area contributed by atoms with Gasteiger partial charge in [-0.25, -0.2) is 18.7 Å². The molecular weight excluding hydrogens is 474 g/mol. The SMILES string of the molecule is COc1nc2c(C)cc(C(O)(c3ccc(F)cc3)c3cncn3C)cc2c(C#N)c1-c1cccc(F)c1. The molecule has 8 heteroatoms. The second kappa shape index (κ2) is 9.12. The number of aryl methyl sites for hydroxylation is 2. The van der Waals surface area contributed by atoms with E-state index in [1.807, 2.05) is 6.92 Å². The van der Waals surface area contributed by atoms with Gasteiger partial charge in [0.15, 0.2) is 5.60 Å². The van der Waals surface area contributed by atoms with Crippen LogP contribution in [0.4, 0.5) is 8.78 Å². The highest BCUT2D eigenvalue weighted by Gasteiger charge is 2.37. The lowest BCUT2D eigenvalue weighted by Gasteiger charge is -2.30. The number of aromatic nitrogens is 3. The number of pyridine rings is 1. The molecule has 0 amide bonds. The Morgan fingerprint density at radius 2 is 1.78 bits per heavy atom. The van der Waals surface area contributed by atoms with Gasteiger partial charge in [-0.2, -0.15) is 5.26 Å². The van der Waals surface area contributed by atoms with Gasteiger partial charge >= 0.3 is 0 Å². The van der Waals surface area contributed by atoms with Crippen molar-refractivity contribution in [3.8, 4) is 23.1 Å². The number of imidazole rings is 1. The monoisotopic (exact) mass is 496 g/mol. The Kier molecular flexibility index (Phi) is 5.94. The number of nitrogens with zero attached hydrogens (tertiary/aromatic N) is 4. The van der Waals surface area contributed by atoms with E-state index < -0.39 is 17.2 Å². The molecule has 0 bridgehead atoms. The van der Waals surface area contributed by atoms with Crippen molar-refractivity contribution < 1.29 is 18.6 Å². The van der Waals surface area contributed by atoms with E-state index in [0.717, 1.165) is 0 Å². The quantitative estimate of drug-likeness (QED) is 0.353. The Balaban J connectivity index is 1.87. The van der Waals surface area contributed by atoms with E-state index in [4.69, 9.17) is 4.74 Å². The summed E-state index contributed by atoms with van der Waals surface area (Å²) in [4.78, 5) is 8.82. The van der Waals surface area contributed by atoms with Gasteiger partial charge in [0.2, 0.25) is 5.88 Å². The first kappa shape index (κ1) is 24.1. The minimum absolute atomic E-state index is 0.186. The number of nitriles is 1. The van der Waals surface area contributed by atoms with Crippen LogP contribution < -0.4 is 4.74 Å². The van der Waals surface area contributed by atoms with Crippen molar-refractivity contribution in [3.05, 3.63) is 113 Å². The fourth-order valence-electron chi connectivity index (χ4n) is 4.76. The second-order valence-electron chi connectivity index (χ2n) is 8.79. The van der Waals surface area contributed by atoms with Crippen LogP contribution in [0.25, 0.3) is 22.0 Å². The van der Waals surface area contributed by atoms with Crippen molar-refractivity contribution in [3.63, 3.8) is 0 Å². The van der Waals surface area contributed by atoms with Crippen LogP contribution in [0.5, 0.6) is 5.88 Å². The smallest absolute Gasteiger partial charge is 0.223 e. The molecule has 2 heterocycles. The van der Waals surface area contributed by atoms with Gasteiger partial charge in [0.1, 0.15) is 17.7 Å². The number of rotatable bonds is 5. The van der Waals surface area contributed by atoms with Crippen LogP contribution in [-0.4, -0.2) is 26.8 Å². The number of fused-ring (bicyclic) bond motifs is 1. The van der Waals surface area contributed by atoms with Crippen molar-refractivity contribution in [1.29, 1.82) is 5.26 Å². The highest BCUT2D eigenvalue weighted by atomic mass is 19.1. The predicted octanol–water partition coefficient (Wildman–Crippen LogP) is 5.39. The topological polar surface area (TPSA) is 84.0 Å². The maximum atomic E-state index is 14.1. The van der Waals surface area contributed by atoms with Crippen molar-refractivity contribution in [2.75, 3.05) is 7.11 Å². The lowest BCUT2D eigenvalue weighted by molar-refractivity contribution is 0.117. The Morgan fingerprint density at radius 3 is 2.41 bits per heavy atom. The van der Waals surface area contributed by atoms with Gasteiger partial charge in [-0.3, -0.25) is 0 Å². The maximum Gasteiger partial charge on any atom is 0.223 e. The van der Waals surface area contributed by atoms with Crippen LogP contribution in [0.3, 0.4) is 0 Å². The predicted molar refractivity (Wildman–Crippen MR) is 135 cm³/mol. The van der Waals surface area contributed by atoms with Crippen molar-refractivity contribution in [2.24, 2.45) is 7.05 Å². The summed E-state index contributed by atoms with van der Waals surface area (Å²) in [5.74, 6) is -0.713. The standard InChI is InChI=1S/C29H22F2N4O2/c1-17-11-20(29(36,25-15-33-16-35(25)2)19-7-9-21(30)10-8-19)13-23-24(14-32)26(28(37-3)34-27(17)23)18-5-4-6-22(31)12-18/h4-13,15-16,36H,1-3H3. The molecule has 5 aromatic rings. The number of halogens is 2. The van der Waals surface area contributed by atoms with Crippen LogP contribution in [-0.2, 0) is 12.6 Å². The molecule has 5 rings (SSSR count). The molecule has 0 aliphatic heterocycles. The fraction of sp³-hybridized carbons (Fsp3) is 0.138. The largest absolute Gasteiger partial charge is 0.480 e. The van der Waals surface area contributed by atoms with E-state index >= 15 is 0 Å². The average Bonchev–Trinajstić information content (AvgIpc) is 3.33. The van der Waals surface area contributed by atoms with Crippen molar-refractivity contribution in [1.82, 2.24) is 14.5 Å². The third-order valence-electron chi connectivity index (χ3n) is 6.53. The van der Waals surface area contributed by atoms with Crippen LogP contribution in [0.1, 0.15) is 27.9 Å². The average molecular weight is 497 g/mol. The number of methoxy groups -OCH3 is 1. The molecule has 0 saturated carbocycles. The highest BCUT2D eigenvalue weighted by molar-refractivity contribution is 5.96. The van der Waals surface area contributed by atoms with E-state index in [2.05, 4.69) is 16.0 Å². The lowest BCUT2D eigenvalue weighted by Crippen LogP contribution is -2.31. The Bertz CT molecular complexity index is 1690. The molecule has 1 atom stereocenters. The van der Waals surface area contributed by atoms with Crippen molar-refractivity contribution in [2.45, 2.75) is 12.5 Å². The fourth-order valence-corrected chi connectivity index (χ4v) is 4.76. The third kappa shape index (κ3) is 3.90. The zero-order valence-corrected chi connectivity index (χ0v) is 20.3. The number of hydrogen-bond donors (Lipinski definition) is 1. The van der Waals surface area contributed by atoms with Gasteiger partial charge in [-0.05, 0) is 59.5 Å². The van der Waals surface area contributed by atoms with Crippen LogP contribution in [0, 0.1) is 29.9 Å². The molecule has 184 valence electrons. The van der Waals surface area contributed by atoms with Gasteiger partial charge in [-0.15, -0.1) is 0 Å². The molecule has 37 heavy (non-hydrogen) atoms. The third-order valence-corrected chi connectivity index (χ3v) is 6.53. The van der Waals surface area contributed by atoms with Gasteiger partial charge in [0.05, 0.1) is 42.0 Å². The van der Waals surface area contributed by atoms with E-state index in [9.17, 15) is 19.1 Å². The molecule has 0 saturated heterocycles. The van der Waals surface area contributed by atoms with Crippen LogP contribution >= 0.6 is 0 Å². The first-order valence-corrected chi connectivity index (χ1v) is 11.4. The second-order valence-corrected chi connectivity index (χ2v) is 8.79. The van der Waals surface area contributed by atoms with Crippen molar-refractivity contribution >= 4 is 10.9 Å². The van der Waals surface area contributed by atoms with E-state index in [1.165, 1.54) is 43.5 Å². The molecule has 0 radical (unpaired) electrons. The summed E-state index contributed by atoms with van der Waals surface area (Å²) in [6, 6.07) is 17.1. The number of hydrogen-bond acceptors (Lipinski definition) is 5. The normalized spacial score (nSPS) is 12.8. The van der Waals surface area contributed by atoms with Gasteiger partial charge in [0.25, 0.3) is 0 Å². The summed E-state index contributed by atoms with van der Waals surface area (Å²) in [5.41, 5.74) is 1.75. The first-order chi connectivity index (χ1) is 17.8. The first-order valence-electron chi connectivity index (χ1n) is 11.4. The molecule has 1 unspecified atom stereocenters. The van der Waals surface area contributed by atoms with Crippen LogP contribution in [0.15, 0.2) is 73.2 Å². The molecule has 3 aromatic carbocycles. The molecule has 6 nitrogen and oxygen atoms in total. The summed E-state index contributed by atoms with van der Waals surface area (Å²) < 4.78 is 35.1.